The summed E-state index contributed by atoms with van der Waals surface area (Å²) in [4.78, 5) is 33.8. The highest BCUT2D eigenvalue weighted by Gasteiger charge is 2.38. The van der Waals surface area contributed by atoms with Crippen molar-refractivity contribution in [1.29, 1.82) is 0 Å². The quantitative estimate of drug-likeness (QED) is 0.528. The molecule has 2 atom stereocenters. The predicted octanol–water partition coefficient (Wildman–Crippen LogP) is 5.17. The molecule has 33 heavy (non-hydrogen) atoms. The minimum atomic E-state index is -0.401. The number of amides is 2. The van der Waals surface area contributed by atoms with Crippen LogP contribution < -0.4 is 5.32 Å². The van der Waals surface area contributed by atoms with Crippen molar-refractivity contribution in [3.63, 3.8) is 0 Å². The lowest BCUT2D eigenvalue weighted by Crippen LogP contribution is -2.47. The van der Waals surface area contributed by atoms with Crippen LogP contribution in [0.5, 0.6) is 0 Å². The number of carbonyl (C=O) groups is 2. The van der Waals surface area contributed by atoms with Gasteiger partial charge in [-0.05, 0) is 42.4 Å². The van der Waals surface area contributed by atoms with E-state index >= 15 is 0 Å². The Hall–Kier alpha value is -2.99. The maximum absolute atomic E-state index is 13.5. The van der Waals surface area contributed by atoms with Crippen LogP contribution in [0.4, 0.5) is 0 Å². The number of aryl methyl sites for hydroxylation is 1. The number of rotatable bonds is 7. The van der Waals surface area contributed by atoms with E-state index in [1.165, 1.54) is 4.88 Å². The van der Waals surface area contributed by atoms with Gasteiger partial charge in [0.25, 0.3) is 0 Å². The van der Waals surface area contributed by atoms with E-state index in [-0.39, 0.29) is 23.7 Å². The Kier molecular flexibility index (Phi) is 7.23. The fraction of sp³-hybridized carbons (Fsp3) is 0.370. The number of nitrogens with zero attached hydrogens (tertiary/aromatic N) is 2. The van der Waals surface area contributed by atoms with E-state index in [1.807, 2.05) is 54.9 Å². The van der Waals surface area contributed by atoms with Crippen LogP contribution in [-0.2, 0) is 16.1 Å². The SMILES string of the molecule is Cc1ncsc1-c1ccc(CNC(=O)C2CCCN2C(=O)C(c2ccccc2)C(C)C)cc1. The third-order valence-electron chi connectivity index (χ3n) is 6.36. The summed E-state index contributed by atoms with van der Waals surface area (Å²) >= 11 is 1.63. The van der Waals surface area contributed by atoms with E-state index in [1.54, 1.807) is 16.2 Å². The largest absolute Gasteiger partial charge is 0.350 e. The molecule has 2 aromatic carbocycles. The van der Waals surface area contributed by atoms with Gasteiger partial charge < -0.3 is 10.2 Å². The predicted molar refractivity (Wildman–Crippen MR) is 133 cm³/mol. The Labute approximate surface area is 199 Å². The molecule has 5 nitrogen and oxygen atoms in total. The molecule has 1 aliphatic rings. The molecule has 1 aromatic heterocycles. The molecule has 1 N–H and O–H groups in total. The highest BCUT2D eigenvalue weighted by molar-refractivity contribution is 7.13. The van der Waals surface area contributed by atoms with Gasteiger partial charge >= 0.3 is 0 Å². The van der Waals surface area contributed by atoms with Gasteiger partial charge in [-0.2, -0.15) is 0 Å². The topological polar surface area (TPSA) is 62.3 Å². The van der Waals surface area contributed by atoms with Crippen LogP contribution in [0.1, 0.15) is 49.4 Å². The van der Waals surface area contributed by atoms with E-state index in [9.17, 15) is 9.59 Å². The molecule has 2 heterocycles. The second kappa shape index (κ2) is 10.3. The summed E-state index contributed by atoms with van der Waals surface area (Å²) < 4.78 is 0. The molecule has 6 heteroatoms. The summed E-state index contributed by atoms with van der Waals surface area (Å²) in [7, 11) is 0. The molecule has 1 saturated heterocycles. The minimum absolute atomic E-state index is 0.0538. The number of hydrogen-bond acceptors (Lipinski definition) is 4. The number of nitrogens with one attached hydrogen (secondary N) is 1. The number of aromatic nitrogens is 1. The van der Waals surface area contributed by atoms with Gasteiger partial charge in [-0.15, -0.1) is 11.3 Å². The molecular formula is C27H31N3O2S. The van der Waals surface area contributed by atoms with Crippen molar-refractivity contribution in [3.8, 4) is 10.4 Å². The zero-order valence-electron chi connectivity index (χ0n) is 19.5. The van der Waals surface area contributed by atoms with Crippen LogP contribution in [0.2, 0.25) is 0 Å². The third kappa shape index (κ3) is 5.17. The first-order chi connectivity index (χ1) is 16.0. The molecule has 1 aliphatic heterocycles. The van der Waals surface area contributed by atoms with Crippen LogP contribution in [-0.4, -0.2) is 34.3 Å². The van der Waals surface area contributed by atoms with Crippen LogP contribution in [0.25, 0.3) is 10.4 Å². The summed E-state index contributed by atoms with van der Waals surface area (Å²) in [5.41, 5.74) is 6.07. The lowest BCUT2D eigenvalue weighted by atomic mass is 9.87. The van der Waals surface area contributed by atoms with Gasteiger partial charge in [-0.3, -0.25) is 9.59 Å². The van der Waals surface area contributed by atoms with Gasteiger partial charge in [0.1, 0.15) is 6.04 Å². The summed E-state index contributed by atoms with van der Waals surface area (Å²) in [5.74, 6) is -0.0934. The van der Waals surface area contributed by atoms with E-state index < -0.39 is 6.04 Å². The number of hydrogen-bond donors (Lipinski definition) is 1. The van der Waals surface area contributed by atoms with Crippen molar-refractivity contribution in [2.75, 3.05) is 6.54 Å². The van der Waals surface area contributed by atoms with Gasteiger partial charge in [-0.1, -0.05) is 68.4 Å². The fourth-order valence-electron chi connectivity index (χ4n) is 4.61. The number of carbonyl (C=O) groups excluding carboxylic acids is 2. The molecule has 3 aromatic rings. The molecule has 0 radical (unpaired) electrons. The molecule has 172 valence electrons. The van der Waals surface area contributed by atoms with Gasteiger partial charge in [0, 0.05) is 13.1 Å². The highest BCUT2D eigenvalue weighted by atomic mass is 32.1. The summed E-state index contributed by atoms with van der Waals surface area (Å²) in [5, 5.41) is 3.06. The highest BCUT2D eigenvalue weighted by Crippen LogP contribution is 2.30. The maximum Gasteiger partial charge on any atom is 0.243 e. The summed E-state index contributed by atoms with van der Waals surface area (Å²) in [6.45, 7) is 7.23. The van der Waals surface area contributed by atoms with Crippen molar-refractivity contribution in [3.05, 3.63) is 76.9 Å². The molecule has 0 bridgehead atoms. The Morgan fingerprint density at radius 3 is 2.48 bits per heavy atom. The second-order valence-corrected chi connectivity index (χ2v) is 9.86. The van der Waals surface area contributed by atoms with E-state index in [0.29, 0.717) is 19.5 Å². The summed E-state index contributed by atoms with van der Waals surface area (Å²) in [6, 6.07) is 17.7. The fourth-order valence-corrected chi connectivity index (χ4v) is 5.43. The van der Waals surface area contributed by atoms with Crippen molar-refractivity contribution < 1.29 is 9.59 Å². The normalized spacial score (nSPS) is 16.7. The molecule has 1 fully saturated rings. The van der Waals surface area contributed by atoms with Crippen LogP contribution in [0, 0.1) is 12.8 Å². The number of benzene rings is 2. The van der Waals surface area contributed by atoms with Gasteiger partial charge in [0.15, 0.2) is 0 Å². The zero-order valence-corrected chi connectivity index (χ0v) is 20.3. The molecule has 2 unspecified atom stereocenters. The average Bonchev–Trinajstić information content (AvgIpc) is 3.48. The maximum atomic E-state index is 13.5. The number of likely N-dealkylation sites (tertiary alicyclic amines) is 1. The third-order valence-corrected chi connectivity index (χ3v) is 7.34. The number of thiazole rings is 1. The van der Waals surface area contributed by atoms with Crippen molar-refractivity contribution in [1.82, 2.24) is 15.2 Å². The van der Waals surface area contributed by atoms with E-state index in [4.69, 9.17) is 0 Å². The molecule has 0 spiro atoms. The Balaban J connectivity index is 1.40. The molecule has 2 amide bonds. The standard InChI is InChI=1S/C27H31N3O2S/c1-18(2)24(21-8-5-4-6-9-21)27(32)30-15-7-10-23(30)26(31)28-16-20-11-13-22(14-12-20)25-19(3)29-17-33-25/h4-6,8-9,11-14,17-18,23-24H,7,10,15-16H2,1-3H3,(H,28,31). The van der Waals surface area contributed by atoms with Gasteiger partial charge in [-0.25, -0.2) is 4.98 Å². The van der Waals surface area contributed by atoms with Crippen molar-refractivity contribution >= 4 is 23.2 Å². The molecular weight excluding hydrogens is 430 g/mol. The van der Waals surface area contributed by atoms with Crippen molar-refractivity contribution in [2.24, 2.45) is 5.92 Å². The monoisotopic (exact) mass is 461 g/mol. The lowest BCUT2D eigenvalue weighted by molar-refractivity contribution is -0.140. The first kappa shape index (κ1) is 23.2. The van der Waals surface area contributed by atoms with Crippen molar-refractivity contribution in [2.45, 2.75) is 52.1 Å². The van der Waals surface area contributed by atoms with Gasteiger partial charge in [0.05, 0.1) is 22.0 Å². The Morgan fingerprint density at radius 2 is 1.85 bits per heavy atom. The molecule has 4 rings (SSSR count). The molecule has 0 aliphatic carbocycles. The average molecular weight is 462 g/mol. The lowest BCUT2D eigenvalue weighted by Gasteiger charge is -2.30. The Morgan fingerprint density at radius 1 is 1.12 bits per heavy atom. The minimum Gasteiger partial charge on any atom is -0.350 e. The molecule has 0 saturated carbocycles. The first-order valence-electron chi connectivity index (χ1n) is 11.6. The van der Waals surface area contributed by atoms with Gasteiger partial charge in [0.2, 0.25) is 11.8 Å². The van der Waals surface area contributed by atoms with Crippen LogP contribution in [0.3, 0.4) is 0 Å². The first-order valence-corrected chi connectivity index (χ1v) is 12.5. The second-order valence-electron chi connectivity index (χ2n) is 9.00. The van der Waals surface area contributed by atoms with E-state index in [0.717, 1.165) is 28.8 Å². The zero-order chi connectivity index (χ0) is 23.4. The van der Waals surface area contributed by atoms with Crippen LogP contribution >= 0.6 is 11.3 Å². The van der Waals surface area contributed by atoms with E-state index in [2.05, 4.69) is 36.3 Å². The summed E-state index contributed by atoms with van der Waals surface area (Å²) in [6.07, 6.45) is 1.56. The Bertz CT molecular complexity index is 1090. The smallest absolute Gasteiger partial charge is 0.243 e. The van der Waals surface area contributed by atoms with Crippen LogP contribution in [0.15, 0.2) is 60.1 Å².